The summed E-state index contributed by atoms with van der Waals surface area (Å²) in [5, 5.41) is 4.05. The zero-order valence-corrected chi connectivity index (χ0v) is 14.8. The van der Waals surface area contributed by atoms with Crippen molar-refractivity contribution in [3.05, 3.63) is 34.9 Å². The normalized spacial score (nSPS) is 25.0. The molecule has 1 aromatic carbocycles. The van der Waals surface area contributed by atoms with Crippen molar-refractivity contribution in [2.45, 2.75) is 32.4 Å². The molecule has 2 heterocycles. The first kappa shape index (κ1) is 17.2. The maximum absolute atomic E-state index is 12.7. The van der Waals surface area contributed by atoms with Crippen molar-refractivity contribution < 1.29 is 9.59 Å². The third-order valence-corrected chi connectivity index (χ3v) is 5.14. The molecule has 6 heteroatoms. The van der Waals surface area contributed by atoms with Crippen molar-refractivity contribution in [1.29, 1.82) is 0 Å². The first-order valence-corrected chi connectivity index (χ1v) is 8.95. The van der Waals surface area contributed by atoms with Crippen molar-refractivity contribution >= 4 is 23.4 Å². The Balaban J connectivity index is 1.55. The summed E-state index contributed by atoms with van der Waals surface area (Å²) >= 11 is 5.89. The predicted octanol–water partition coefficient (Wildman–Crippen LogP) is 1.90. The summed E-state index contributed by atoms with van der Waals surface area (Å²) in [5.74, 6) is 0.214. The highest BCUT2D eigenvalue weighted by molar-refractivity contribution is 6.30. The van der Waals surface area contributed by atoms with Crippen molar-refractivity contribution in [1.82, 2.24) is 15.1 Å². The van der Waals surface area contributed by atoms with Crippen LogP contribution in [0.3, 0.4) is 0 Å². The zero-order chi connectivity index (χ0) is 17.1. The van der Waals surface area contributed by atoms with E-state index in [0.717, 1.165) is 24.9 Å². The van der Waals surface area contributed by atoms with E-state index in [1.54, 1.807) is 4.90 Å². The van der Waals surface area contributed by atoms with Crippen LogP contribution in [0.1, 0.15) is 25.3 Å². The van der Waals surface area contributed by atoms with Gasteiger partial charge in [0, 0.05) is 36.6 Å². The average Bonchev–Trinajstić information content (AvgIpc) is 2.58. The van der Waals surface area contributed by atoms with Gasteiger partial charge in [-0.3, -0.25) is 9.59 Å². The van der Waals surface area contributed by atoms with Crippen LogP contribution in [0.4, 0.5) is 0 Å². The molecular weight excluding hydrogens is 326 g/mol. The third-order valence-electron chi connectivity index (χ3n) is 4.89. The molecule has 3 rings (SSSR count). The fourth-order valence-corrected chi connectivity index (χ4v) is 3.61. The lowest BCUT2D eigenvalue weighted by molar-refractivity contribution is -0.148. The maximum atomic E-state index is 12.7. The average molecular weight is 350 g/mol. The minimum absolute atomic E-state index is 0.0199. The second-order valence-electron chi connectivity index (χ2n) is 6.78. The van der Waals surface area contributed by atoms with E-state index in [4.69, 9.17) is 11.6 Å². The number of carbonyl (C=O) groups excluding carboxylic acids is 2. The molecule has 0 aromatic heterocycles. The van der Waals surface area contributed by atoms with E-state index < -0.39 is 0 Å². The predicted molar refractivity (Wildman–Crippen MR) is 93.6 cm³/mol. The summed E-state index contributed by atoms with van der Waals surface area (Å²) in [5.41, 5.74) is 1.06. The van der Waals surface area contributed by atoms with E-state index in [1.807, 2.05) is 29.2 Å². The number of piperidine rings is 1. The lowest BCUT2D eigenvalue weighted by Gasteiger charge is -2.37. The molecule has 0 unspecified atom stereocenters. The van der Waals surface area contributed by atoms with Gasteiger partial charge in [0.05, 0.1) is 6.54 Å². The van der Waals surface area contributed by atoms with Crippen LogP contribution >= 0.6 is 11.6 Å². The number of amides is 2. The molecule has 2 amide bonds. The number of rotatable bonds is 3. The number of nitrogens with zero attached hydrogens (tertiary/aromatic N) is 2. The Labute approximate surface area is 147 Å². The van der Waals surface area contributed by atoms with E-state index in [1.165, 1.54) is 0 Å². The Kier molecular flexibility index (Phi) is 5.41. The van der Waals surface area contributed by atoms with Gasteiger partial charge in [-0.15, -0.1) is 0 Å². The minimum Gasteiger partial charge on any atom is -0.335 e. The van der Waals surface area contributed by atoms with Crippen LogP contribution in [0.5, 0.6) is 0 Å². The van der Waals surface area contributed by atoms with Gasteiger partial charge in [0.2, 0.25) is 11.8 Å². The second-order valence-corrected chi connectivity index (χ2v) is 7.21. The van der Waals surface area contributed by atoms with E-state index >= 15 is 0 Å². The van der Waals surface area contributed by atoms with Crippen molar-refractivity contribution in [3.8, 4) is 0 Å². The highest BCUT2D eigenvalue weighted by Crippen LogP contribution is 2.20. The van der Waals surface area contributed by atoms with E-state index in [9.17, 15) is 9.59 Å². The van der Waals surface area contributed by atoms with Crippen LogP contribution in [0.25, 0.3) is 0 Å². The molecule has 1 N–H and O–H groups in total. The summed E-state index contributed by atoms with van der Waals surface area (Å²) in [7, 11) is 0. The highest BCUT2D eigenvalue weighted by atomic mass is 35.5. The number of halogens is 1. The number of piperazine rings is 1. The summed E-state index contributed by atoms with van der Waals surface area (Å²) in [6.07, 6.45) is 1.72. The Morgan fingerprint density at radius 3 is 2.71 bits per heavy atom. The van der Waals surface area contributed by atoms with Gasteiger partial charge in [-0.05, 0) is 44.0 Å². The Hall–Kier alpha value is -1.59. The van der Waals surface area contributed by atoms with Gasteiger partial charge in [-0.2, -0.15) is 0 Å². The molecule has 0 bridgehead atoms. The third kappa shape index (κ3) is 4.08. The topological polar surface area (TPSA) is 52.7 Å². The molecule has 2 fully saturated rings. The monoisotopic (exact) mass is 349 g/mol. The minimum atomic E-state index is 0.0199. The molecule has 130 valence electrons. The lowest BCUT2D eigenvalue weighted by Crippen LogP contribution is -2.54. The van der Waals surface area contributed by atoms with Gasteiger partial charge in [0.25, 0.3) is 0 Å². The SMILES string of the molecule is C[C@H]1C[C@@H](C(=O)N2CCN(Cc3ccc(Cl)cc3)C(=O)C2)CCN1. The van der Waals surface area contributed by atoms with Gasteiger partial charge in [0.1, 0.15) is 0 Å². The molecule has 2 saturated heterocycles. The first-order chi connectivity index (χ1) is 11.5. The number of carbonyl (C=O) groups is 2. The summed E-state index contributed by atoms with van der Waals surface area (Å²) in [6.45, 7) is 4.97. The number of hydrogen-bond donors (Lipinski definition) is 1. The largest absolute Gasteiger partial charge is 0.335 e. The molecule has 2 atom stereocenters. The Morgan fingerprint density at radius 2 is 2.04 bits per heavy atom. The Bertz CT molecular complexity index is 605. The van der Waals surface area contributed by atoms with Crippen molar-refractivity contribution in [2.24, 2.45) is 5.92 Å². The maximum Gasteiger partial charge on any atom is 0.242 e. The van der Waals surface area contributed by atoms with Crippen LogP contribution in [0.15, 0.2) is 24.3 Å². The fraction of sp³-hybridized carbons (Fsp3) is 0.556. The summed E-state index contributed by atoms with van der Waals surface area (Å²) in [6, 6.07) is 7.90. The summed E-state index contributed by atoms with van der Waals surface area (Å²) in [4.78, 5) is 28.6. The molecule has 2 aliphatic rings. The van der Waals surface area contributed by atoms with Gasteiger partial charge in [-0.1, -0.05) is 23.7 Å². The van der Waals surface area contributed by atoms with Gasteiger partial charge < -0.3 is 15.1 Å². The molecule has 0 radical (unpaired) electrons. The fourth-order valence-electron chi connectivity index (χ4n) is 3.49. The number of nitrogens with one attached hydrogen (secondary N) is 1. The lowest BCUT2D eigenvalue weighted by atomic mass is 9.92. The van der Waals surface area contributed by atoms with E-state index in [2.05, 4.69) is 12.2 Å². The molecule has 2 aliphatic heterocycles. The van der Waals surface area contributed by atoms with E-state index in [0.29, 0.717) is 30.7 Å². The first-order valence-electron chi connectivity index (χ1n) is 8.57. The molecule has 0 aliphatic carbocycles. The second kappa shape index (κ2) is 7.53. The van der Waals surface area contributed by atoms with Gasteiger partial charge in [0.15, 0.2) is 0 Å². The van der Waals surface area contributed by atoms with Gasteiger partial charge in [-0.25, -0.2) is 0 Å². The number of hydrogen-bond acceptors (Lipinski definition) is 3. The van der Waals surface area contributed by atoms with Crippen LogP contribution in [-0.4, -0.2) is 53.8 Å². The van der Waals surface area contributed by atoms with Gasteiger partial charge >= 0.3 is 0 Å². The Morgan fingerprint density at radius 1 is 1.29 bits per heavy atom. The standard InChI is InChI=1S/C18H24ClN3O2/c1-13-10-15(6-7-20-13)18(24)22-9-8-21(17(23)12-22)11-14-2-4-16(19)5-3-14/h2-5,13,15,20H,6-12H2,1H3/t13-,15-/m0/s1. The van der Waals surface area contributed by atoms with Crippen LogP contribution in [0.2, 0.25) is 5.02 Å². The van der Waals surface area contributed by atoms with Crippen molar-refractivity contribution in [3.63, 3.8) is 0 Å². The molecular formula is C18H24ClN3O2. The highest BCUT2D eigenvalue weighted by Gasteiger charge is 2.33. The smallest absolute Gasteiger partial charge is 0.242 e. The number of benzene rings is 1. The molecule has 24 heavy (non-hydrogen) atoms. The van der Waals surface area contributed by atoms with E-state index in [-0.39, 0.29) is 24.3 Å². The summed E-state index contributed by atoms with van der Waals surface area (Å²) < 4.78 is 0. The molecule has 0 saturated carbocycles. The molecule has 0 spiro atoms. The molecule has 1 aromatic rings. The van der Waals surface area contributed by atoms with Crippen LogP contribution in [0, 0.1) is 5.92 Å². The van der Waals surface area contributed by atoms with Crippen molar-refractivity contribution in [2.75, 3.05) is 26.2 Å². The molecule has 5 nitrogen and oxygen atoms in total. The zero-order valence-electron chi connectivity index (χ0n) is 14.0. The van der Waals surface area contributed by atoms with Crippen LogP contribution in [-0.2, 0) is 16.1 Å². The quantitative estimate of drug-likeness (QED) is 0.906. The van der Waals surface area contributed by atoms with Crippen LogP contribution < -0.4 is 5.32 Å².